The van der Waals surface area contributed by atoms with Crippen LogP contribution < -0.4 is 10.5 Å². The summed E-state index contributed by atoms with van der Waals surface area (Å²) in [5.41, 5.74) is 8.05. The Hall–Kier alpha value is -2.47. The first-order chi connectivity index (χ1) is 9.90. The van der Waals surface area contributed by atoms with E-state index in [0.717, 1.165) is 11.1 Å². The number of nitro benzene ring substituents is 1. The molecule has 1 aromatic heterocycles. The number of nitrogens with two attached hydrogens (primary N) is 1. The van der Waals surface area contributed by atoms with Crippen molar-refractivity contribution in [1.29, 1.82) is 0 Å². The van der Waals surface area contributed by atoms with Crippen molar-refractivity contribution in [1.82, 2.24) is 4.98 Å². The van der Waals surface area contributed by atoms with E-state index in [0.29, 0.717) is 17.2 Å². The van der Waals surface area contributed by atoms with Crippen molar-refractivity contribution in [2.45, 2.75) is 26.8 Å². The second-order valence-electron chi connectivity index (χ2n) is 4.95. The van der Waals surface area contributed by atoms with Gasteiger partial charge in [-0.15, -0.1) is 0 Å². The maximum Gasteiger partial charge on any atom is 0.276 e. The zero-order valence-electron chi connectivity index (χ0n) is 12.2. The van der Waals surface area contributed by atoms with Crippen LogP contribution in [0.15, 0.2) is 30.5 Å². The monoisotopic (exact) mass is 287 g/mol. The van der Waals surface area contributed by atoms with E-state index in [-0.39, 0.29) is 11.7 Å². The molecule has 1 heterocycles. The fourth-order valence-electron chi connectivity index (χ4n) is 2.07. The topological polar surface area (TPSA) is 91.3 Å². The van der Waals surface area contributed by atoms with Crippen molar-refractivity contribution < 1.29 is 9.66 Å². The second-order valence-corrected chi connectivity index (χ2v) is 4.95. The van der Waals surface area contributed by atoms with Crippen LogP contribution in [0.5, 0.6) is 11.6 Å². The lowest BCUT2D eigenvalue weighted by molar-refractivity contribution is -0.385. The smallest absolute Gasteiger partial charge is 0.276 e. The molecule has 0 saturated carbocycles. The number of benzene rings is 1. The van der Waals surface area contributed by atoms with Gasteiger partial charge in [-0.25, -0.2) is 4.98 Å². The molecule has 6 nitrogen and oxygen atoms in total. The van der Waals surface area contributed by atoms with Crippen LogP contribution in [0.3, 0.4) is 0 Å². The standard InChI is InChI=1S/C15H17N3O3/c1-9-7-10(2)14(8-13(9)18(19)20)21-15-12(11(3)16)5-4-6-17-15/h4-8,11H,16H2,1-3H3/t11-/m1/s1. The van der Waals surface area contributed by atoms with E-state index in [1.807, 2.05) is 19.9 Å². The van der Waals surface area contributed by atoms with E-state index < -0.39 is 4.92 Å². The maximum absolute atomic E-state index is 11.0. The van der Waals surface area contributed by atoms with Crippen LogP contribution in [-0.4, -0.2) is 9.91 Å². The van der Waals surface area contributed by atoms with Crippen molar-refractivity contribution in [3.8, 4) is 11.6 Å². The lowest BCUT2D eigenvalue weighted by Crippen LogP contribution is -2.07. The van der Waals surface area contributed by atoms with Gasteiger partial charge < -0.3 is 10.5 Å². The summed E-state index contributed by atoms with van der Waals surface area (Å²) in [7, 11) is 0. The summed E-state index contributed by atoms with van der Waals surface area (Å²) < 4.78 is 5.75. The minimum Gasteiger partial charge on any atom is -0.438 e. The maximum atomic E-state index is 11.0. The van der Waals surface area contributed by atoms with Crippen LogP contribution in [0.25, 0.3) is 0 Å². The van der Waals surface area contributed by atoms with Gasteiger partial charge in [0, 0.05) is 23.4 Å². The molecule has 0 aliphatic heterocycles. The molecular weight excluding hydrogens is 270 g/mol. The molecular formula is C15H17N3O3. The highest BCUT2D eigenvalue weighted by molar-refractivity contribution is 5.51. The molecule has 0 spiro atoms. The first kappa shape index (κ1) is 14.9. The third-order valence-electron chi connectivity index (χ3n) is 3.19. The molecule has 6 heteroatoms. The van der Waals surface area contributed by atoms with Gasteiger partial charge >= 0.3 is 0 Å². The zero-order chi connectivity index (χ0) is 15.6. The molecule has 2 rings (SSSR count). The average Bonchev–Trinajstić information content (AvgIpc) is 2.41. The lowest BCUT2D eigenvalue weighted by Gasteiger charge is -2.14. The molecule has 0 fully saturated rings. The van der Waals surface area contributed by atoms with Crippen LogP contribution in [-0.2, 0) is 0 Å². The first-order valence-electron chi connectivity index (χ1n) is 6.54. The molecule has 0 bridgehead atoms. The van der Waals surface area contributed by atoms with Crippen LogP contribution >= 0.6 is 0 Å². The van der Waals surface area contributed by atoms with Gasteiger partial charge in [-0.05, 0) is 38.5 Å². The average molecular weight is 287 g/mol. The van der Waals surface area contributed by atoms with Gasteiger partial charge in [0.15, 0.2) is 0 Å². The summed E-state index contributed by atoms with van der Waals surface area (Å²) in [5, 5.41) is 11.0. The Bertz CT molecular complexity index is 684. The van der Waals surface area contributed by atoms with Gasteiger partial charge in [0.05, 0.1) is 11.0 Å². The minimum atomic E-state index is -0.424. The van der Waals surface area contributed by atoms with E-state index in [2.05, 4.69) is 4.98 Å². The highest BCUT2D eigenvalue weighted by Crippen LogP contribution is 2.33. The summed E-state index contributed by atoms with van der Waals surface area (Å²) in [6, 6.07) is 6.50. The summed E-state index contributed by atoms with van der Waals surface area (Å²) >= 11 is 0. The molecule has 1 atom stereocenters. The number of aromatic nitrogens is 1. The van der Waals surface area contributed by atoms with Gasteiger partial charge in [0.1, 0.15) is 5.75 Å². The molecule has 1 aromatic carbocycles. The van der Waals surface area contributed by atoms with Gasteiger partial charge in [0.25, 0.3) is 5.69 Å². The van der Waals surface area contributed by atoms with Crippen LogP contribution in [0.4, 0.5) is 5.69 Å². The number of ether oxygens (including phenoxy) is 1. The number of rotatable bonds is 4. The first-order valence-corrected chi connectivity index (χ1v) is 6.54. The SMILES string of the molecule is Cc1cc(C)c([N+](=O)[O-])cc1Oc1ncccc1[C@@H](C)N. The number of nitrogens with zero attached hydrogens (tertiary/aromatic N) is 2. The predicted octanol–water partition coefficient (Wildman–Crippen LogP) is 3.42. The molecule has 2 aromatic rings. The Morgan fingerprint density at radius 3 is 2.67 bits per heavy atom. The Kier molecular flexibility index (Phi) is 4.18. The van der Waals surface area contributed by atoms with E-state index in [1.165, 1.54) is 6.07 Å². The van der Waals surface area contributed by atoms with Crippen molar-refractivity contribution in [2.75, 3.05) is 0 Å². The van der Waals surface area contributed by atoms with E-state index >= 15 is 0 Å². The highest BCUT2D eigenvalue weighted by atomic mass is 16.6. The number of pyridine rings is 1. The number of hydrogen-bond acceptors (Lipinski definition) is 5. The van der Waals surface area contributed by atoms with Gasteiger partial charge in [0.2, 0.25) is 5.88 Å². The Morgan fingerprint density at radius 2 is 2.05 bits per heavy atom. The summed E-state index contributed by atoms with van der Waals surface area (Å²) in [4.78, 5) is 14.8. The third kappa shape index (κ3) is 3.17. The third-order valence-corrected chi connectivity index (χ3v) is 3.19. The van der Waals surface area contributed by atoms with Gasteiger partial charge in [-0.2, -0.15) is 0 Å². The number of nitro groups is 1. The number of aryl methyl sites for hydroxylation is 2. The highest BCUT2D eigenvalue weighted by Gasteiger charge is 2.17. The summed E-state index contributed by atoms with van der Waals surface area (Å²) in [6.07, 6.45) is 1.60. The van der Waals surface area contributed by atoms with Gasteiger partial charge in [-0.1, -0.05) is 6.07 Å². The quantitative estimate of drug-likeness (QED) is 0.687. The Labute approximate surface area is 122 Å². The predicted molar refractivity (Wildman–Crippen MR) is 79.5 cm³/mol. The summed E-state index contributed by atoms with van der Waals surface area (Å²) in [6.45, 7) is 5.36. The largest absolute Gasteiger partial charge is 0.438 e. The van der Waals surface area contributed by atoms with Crippen LogP contribution in [0.2, 0.25) is 0 Å². The zero-order valence-corrected chi connectivity index (χ0v) is 12.2. The lowest BCUT2D eigenvalue weighted by atomic mass is 10.1. The molecule has 0 radical (unpaired) electrons. The van der Waals surface area contributed by atoms with Crippen molar-refractivity contribution in [3.63, 3.8) is 0 Å². The second kappa shape index (κ2) is 5.88. The van der Waals surface area contributed by atoms with Crippen LogP contribution in [0, 0.1) is 24.0 Å². The number of hydrogen-bond donors (Lipinski definition) is 1. The molecule has 0 unspecified atom stereocenters. The van der Waals surface area contributed by atoms with E-state index in [1.54, 1.807) is 25.3 Å². The normalized spacial score (nSPS) is 12.0. The molecule has 0 aliphatic carbocycles. The minimum absolute atomic E-state index is 0.0221. The molecule has 0 saturated heterocycles. The summed E-state index contributed by atoms with van der Waals surface area (Å²) in [5.74, 6) is 0.779. The van der Waals surface area contributed by atoms with E-state index in [9.17, 15) is 10.1 Å². The van der Waals surface area contributed by atoms with Crippen molar-refractivity contribution in [2.24, 2.45) is 5.73 Å². The van der Waals surface area contributed by atoms with Crippen molar-refractivity contribution >= 4 is 5.69 Å². The fraction of sp³-hybridized carbons (Fsp3) is 0.267. The molecule has 21 heavy (non-hydrogen) atoms. The van der Waals surface area contributed by atoms with E-state index in [4.69, 9.17) is 10.5 Å². The van der Waals surface area contributed by atoms with Crippen molar-refractivity contribution in [3.05, 3.63) is 57.3 Å². The molecule has 110 valence electrons. The molecule has 2 N–H and O–H groups in total. The molecule has 0 amide bonds. The van der Waals surface area contributed by atoms with Crippen LogP contribution in [0.1, 0.15) is 29.7 Å². The Balaban J connectivity index is 2.45. The molecule has 0 aliphatic rings. The van der Waals surface area contributed by atoms with Gasteiger partial charge in [-0.3, -0.25) is 10.1 Å². The Morgan fingerprint density at radius 1 is 1.33 bits per heavy atom. The fourth-order valence-corrected chi connectivity index (χ4v) is 2.07.